The second-order valence-electron chi connectivity index (χ2n) is 8.27. The van der Waals surface area contributed by atoms with E-state index >= 15 is 0 Å². The highest BCUT2D eigenvalue weighted by molar-refractivity contribution is 7.19. The number of carbonyl (C=O) groups excluding carboxylic acids is 2. The molecule has 2 aromatic carbocycles. The number of thiophene rings is 1. The van der Waals surface area contributed by atoms with Gasteiger partial charge in [-0.2, -0.15) is 0 Å². The van der Waals surface area contributed by atoms with Crippen molar-refractivity contribution in [3.05, 3.63) is 70.2 Å². The molecule has 4 aromatic rings. The van der Waals surface area contributed by atoms with Crippen LogP contribution in [0.2, 0.25) is 0 Å². The van der Waals surface area contributed by atoms with Gasteiger partial charge in [0.15, 0.2) is 0 Å². The van der Waals surface area contributed by atoms with E-state index in [-0.39, 0.29) is 24.4 Å². The Bertz CT molecular complexity index is 1350. The van der Waals surface area contributed by atoms with Crippen molar-refractivity contribution >= 4 is 44.1 Å². The number of rotatable bonds is 1. The van der Waals surface area contributed by atoms with Gasteiger partial charge in [0, 0.05) is 39.6 Å². The molecule has 4 heterocycles. The molecule has 6 rings (SSSR count). The van der Waals surface area contributed by atoms with Crippen molar-refractivity contribution in [3.63, 3.8) is 0 Å². The van der Waals surface area contributed by atoms with E-state index in [0.717, 1.165) is 27.0 Å². The van der Waals surface area contributed by atoms with Gasteiger partial charge in [-0.1, -0.05) is 36.4 Å². The molecule has 0 spiro atoms. The first-order chi connectivity index (χ1) is 14.5. The minimum absolute atomic E-state index is 0.00765. The number of fused-ring (bicyclic) bond motifs is 5. The average molecular weight is 416 g/mol. The Morgan fingerprint density at radius 3 is 2.57 bits per heavy atom. The summed E-state index contributed by atoms with van der Waals surface area (Å²) in [5.41, 5.74) is 4.45. The molecular formula is C24H21N3O2S. The number of piperazine rings is 1. The molecule has 2 aromatic heterocycles. The summed E-state index contributed by atoms with van der Waals surface area (Å²) >= 11 is 1.72. The van der Waals surface area contributed by atoms with Crippen molar-refractivity contribution in [2.24, 2.45) is 0 Å². The molecule has 2 amide bonds. The van der Waals surface area contributed by atoms with E-state index in [0.29, 0.717) is 6.42 Å². The SMILES string of the molecule is Cc1c([C@H]2c3[nH]c4ccccc4c3C[C@H]3C(=O)N(C)CC(=O)N23)sc2ccccc12. The number of aromatic nitrogens is 1. The summed E-state index contributed by atoms with van der Waals surface area (Å²) in [7, 11) is 1.72. The molecular weight excluding hydrogens is 394 g/mol. The van der Waals surface area contributed by atoms with Crippen LogP contribution in [0.15, 0.2) is 48.5 Å². The number of aryl methyl sites for hydroxylation is 1. The molecule has 0 saturated carbocycles. The molecule has 30 heavy (non-hydrogen) atoms. The highest BCUT2D eigenvalue weighted by Gasteiger charge is 2.48. The lowest BCUT2D eigenvalue weighted by molar-refractivity contribution is -0.157. The van der Waals surface area contributed by atoms with Gasteiger partial charge < -0.3 is 14.8 Å². The van der Waals surface area contributed by atoms with Gasteiger partial charge in [0.1, 0.15) is 12.1 Å². The number of amides is 2. The van der Waals surface area contributed by atoms with Crippen LogP contribution in [0.1, 0.15) is 27.7 Å². The second-order valence-corrected chi connectivity index (χ2v) is 9.35. The summed E-state index contributed by atoms with van der Waals surface area (Å²) in [5, 5.41) is 2.36. The van der Waals surface area contributed by atoms with Crippen LogP contribution >= 0.6 is 11.3 Å². The second kappa shape index (κ2) is 6.19. The monoisotopic (exact) mass is 415 g/mol. The number of nitrogens with one attached hydrogen (secondary N) is 1. The van der Waals surface area contributed by atoms with E-state index in [4.69, 9.17) is 0 Å². The zero-order valence-corrected chi connectivity index (χ0v) is 17.6. The first-order valence-electron chi connectivity index (χ1n) is 10.2. The quantitative estimate of drug-likeness (QED) is 0.511. The van der Waals surface area contributed by atoms with Gasteiger partial charge in [-0.15, -0.1) is 11.3 Å². The Hall–Kier alpha value is -3.12. The van der Waals surface area contributed by atoms with Gasteiger partial charge in [0.25, 0.3) is 0 Å². The molecule has 0 unspecified atom stereocenters. The molecule has 2 aliphatic heterocycles. The third kappa shape index (κ3) is 2.28. The van der Waals surface area contributed by atoms with E-state index in [2.05, 4.69) is 42.2 Å². The molecule has 2 atom stereocenters. The Labute approximate surface area is 177 Å². The Morgan fingerprint density at radius 1 is 1.03 bits per heavy atom. The number of nitrogens with zero attached hydrogens (tertiary/aromatic N) is 2. The summed E-state index contributed by atoms with van der Waals surface area (Å²) < 4.78 is 1.21. The van der Waals surface area contributed by atoms with Crippen LogP contribution in [0.25, 0.3) is 21.0 Å². The normalized spacial score (nSPS) is 21.4. The number of H-pyrrole nitrogens is 1. The number of likely N-dealkylation sites (N-methyl/N-ethyl adjacent to an activating group) is 1. The van der Waals surface area contributed by atoms with Crippen LogP contribution in [-0.2, 0) is 16.0 Å². The van der Waals surface area contributed by atoms with Crippen LogP contribution in [0.4, 0.5) is 0 Å². The van der Waals surface area contributed by atoms with Crippen LogP contribution in [0, 0.1) is 6.92 Å². The first kappa shape index (κ1) is 17.7. The molecule has 150 valence electrons. The topological polar surface area (TPSA) is 56.4 Å². The fraction of sp³-hybridized carbons (Fsp3) is 0.250. The van der Waals surface area contributed by atoms with Crippen molar-refractivity contribution in [2.75, 3.05) is 13.6 Å². The Kier molecular flexibility index (Phi) is 3.65. The minimum atomic E-state index is -0.461. The van der Waals surface area contributed by atoms with E-state index in [1.165, 1.54) is 15.6 Å². The van der Waals surface area contributed by atoms with Crippen LogP contribution in [0.3, 0.4) is 0 Å². The molecule has 0 radical (unpaired) electrons. The smallest absolute Gasteiger partial charge is 0.245 e. The summed E-state index contributed by atoms with van der Waals surface area (Å²) in [5.74, 6) is 0.0301. The third-order valence-electron chi connectivity index (χ3n) is 6.58. The standard InChI is InChI=1S/C24H21N3O2S/c1-13-14-7-4-6-10-19(14)30-23(13)22-21-16(15-8-3-5-9-17(15)25-21)11-18-24(29)26(2)12-20(28)27(18)22/h3-10,18,22,25H,11-12H2,1-2H3/t18-,22+/m0/s1. The lowest BCUT2D eigenvalue weighted by atomic mass is 9.88. The minimum Gasteiger partial charge on any atom is -0.356 e. The average Bonchev–Trinajstić information content (AvgIpc) is 3.29. The van der Waals surface area contributed by atoms with Gasteiger partial charge in [0.05, 0.1) is 6.54 Å². The number of hydrogen-bond acceptors (Lipinski definition) is 3. The summed E-state index contributed by atoms with van der Waals surface area (Å²) in [4.78, 5) is 34.5. The molecule has 2 aliphatic rings. The molecule has 1 N–H and O–H groups in total. The predicted octanol–water partition coefficient (Wildman–Crippen LogP) is 4.01. The number of benzene rings is 2. The molecule has 6 heteroatoms. The van der Waals surface area contributed by atoms with Crippen molar-refractivity contribution in [2.45, 2.75) is 25.4 Å². The predicted molar refractivity (Wildman–Crippen MR) is 119 cm³/mol. The van der Waals surface area contributed by atoms with E-state index in [9.17, 15) is 9.59 Å². The fourth-order valence-electron chi connectivity index (χ4n) is 5.14. The van der Waals surface area contributed by atoms with E-state index < -0.39 is 6.04 Å². The van der Waals surface area contributed by atoms with Gasteiger partial charge >= 0.3 is 0 Å². The maximum atomic E-state index is 13.2. The van der Waals surface area contributed by atoms with Crippen molar-refractivity contribution in [3.8, 4) is 0 Å². The maximum absolute atomic E-state index is 13.2. The van der Waals surface area contributed by atoms with E-state index in [1.54, 1.807) is 23.3 Å². The van der Waals surface area contributed by atoms with Crippen molar-refractivity contribution < 1.29 is 9.59 Å². The molecule has 1 fully saturated rings. The molecule has 0 bridgehead atoms. The summed E-state index contributed by atoms with van der Waals surface area (Å²) in [6, 6.07) is 15.8. The first-order valence-corrected chi connectivity index (χ1v) is 11.0. The largest absolute Gasteiger partial charge is 0.356 e. The molecule has 5 nitrogen and oxygen atoms in total. The van der Waals surface area contributed by atoms with Crippen LogP contribution in [0.5, 0.6) is 0 Å². The van der Waals surface area contributed by atoms with Gasteiger partial charge in [-0.3, -0.25) is 9.59 Å². The van der Waals surface area contributed by atoms with Crippen molar-refractivity contribution in [1.82, 2.24) is 14.8 Å². The lowest BCUT2D eigenvalue weighted by Gasteiger charge is -2.46. The van der Waals surface area contributed by atoms with Gasteiger partial charge in [-0.05, 0) is 35.6 Å². The molecule has 0 aliphatic carbocycles. The van der Waals surface area contributed by atoms with Crippen LogP contribution < -0.4 is 0 Å². The lowest BCUT2D eigenvalue weighted by Crippen LogP contribution is -2.62. The summed E-state index contributed by atoms with van der Waals surface area (Å²) in [6.45, 7) is 2.26. The zero-order valence-electron chi connectivity index (χ0n) is 16.8. The maximum Gasteiger partial charge on any atom is 0.245 e. The Balaban J connectivity index is 1.65. The Morgan fingerprint density at radius 2 is 1.77 bits per heavy atom. The van der Waals surface area contributed by atoms with Crippen LogP contribution in [-0.4, -0.2) is 46.2 Å². The highest BCUT2D eigenvalue weighted by atomic mass is 32.1. The summed E-state index contributed by atoms with van der Waals surface area (Å²) in [6.07, 6.45) is 0.550. The van der Waals surface area contributed by atoms with Gasteiger partial charge in [0.2, 0.25) is 11.8 Å². The highest BCUT2D eigenvalue weighted by Crippen LogP contribution is 2.47. The number of hydrogen-bond donors (Lipinski definition) is 1. The zero-order chi connectivity index (χ0) is 20.6. The van der Waals surface area contributed by atoms with Gasteiger partial charge in [-0.25, -0.2) is 0 Å². The van der Waals surface area contributed by atoms with E-state index in [1.807, 2.05) is 23.1 Å². The van der Waals surface area contributed by atoms with Crippen molar-refractivity contribution in [1.29, 1.82) is 0 Å². The number of para-hydroxylation sites is 1. The third-order valence-corrected chi connectivity index (χ3v) is 7.91. The fourth-order valence-corrected chi connectivity index (χ4v) is 6.46. The number of aromatic amines is 1. The molecule has 1 saturated heterocycles. The number of carbonyl (C=O) groups is 2.